The van der Waals surface area contributed by atoms with Crippen LogP contribution in [0.15, 0.2) is 0 Å². The Balaban J connectivity index is 1.93. The quantitative estimate of drug-likeness (QED) is 0.768. The standard InChI is InChI=1S/C16H32N2O/c1-3-17-12-16(10-11-19-14-16)13-18(4-2)15-8-6-5-7-9-15/h15,17H,3-14H2,1-2H3. The molecule has 0 aromatic carbocycles. The second-order valence-electron chi connectivity index (χ2n) is 6.44. The summed E-state index contributed by atoms with van der Waals surface area (Å²) in [5.74, 6) is 0. The van der Waals surface area contributed by atoms with Crippen LogP contribution in [0, 0.1) is 5.41 Å². The molecule has 1 aliphatic carbocycles. The first kappa shape index (κ1) is 15.3. The Bertz CT molecular complexity index is 245. The molecule has 2 aliphatic rings. The number of hydrogen-bond acceptors (Lipinski definition) is 3. The third kappa shape index (κ3) is 4.17. The molecule has 3 heteroatoms. The number of ether oxygens (including phenoxy) is 1. The normalized spacial score (nSPS) is 29.2. The third-order valence-corrected chi connectivity index (χ3v) is 4.97. The summed E-state index contributed by atoms with van der Waals surface area (Å²) in [5, 5.41) is 3.56. The average molecular weight is 268 g/mol. The number of rotatable bonds is 7. The van der Waals surface area contributed by atoms with Gasteiger partial charge in [0.1, 0.15) is 0 Å². The number of nitrogens with one attached hydrogen (secondary N) is 1. The van der Waals surface area contributed by atoms with E-state index >= 15 is 0 Å². The maximum absolute atomic E-state index is 5.72. The Kier molecular flexibility index (Phi) is 6.11. The fraction of sp³-hybridized carbons (Fsp3) is 1.00. The fourth-order valence-corrected chi connectivity index (χ4v) is 3.74. The average Bonchev–Trinajstić information content (AvgIpc) is 2.93. The molecule has 0 spiro atoms. The molecule has 1 heterocycles. The van der Waals surface area contributed by atoms with Crippen LogP contribution in [0.2, 0.25) is 0 Å². The molecule has 0 bridgehead atoms. The largest absolute Gasteiger partial charge is 0.381 e. The monoisotopic (exact) mass is 268 g/mol. The van der Waals surface area contributed by atoms with Gasteiger partial charge in [-0.2, -0.15) is 0 Å². The predicted octanol–water partition coefficient (Wildman–Crippen LogP) is 2.66. The topological polar surface area (TPSA) is 24.5 Å². The van der Waals surface area contributed by atoms with Crippen LogP contribution in [0.4, 0.5) is 0 Å². The summed E-state index contributed by atoms with van der Waals surface area (Å²) in [6.45, 7) is 11.0. The highest BCUT2D eigenvalue weighted by Crippen LogP contribution is 2.32. The van der Waals surface area contributed by atoms with Gasteiger partial charge >= 0.3 is 0 Å². The predicted molar refractivity (Wildman–Crippen MR) is 80.5 cm³/mol. The van der Waals surface area contributed by atoms with Crippen LogP contribution in [0.1, 0.15) is 52.4 Å². The van der Waals surface area contributed by atoms with Crippen molar-refractivity contribution >= 4 is 0 Å². The molecular formula is C16H32N2O. The van der Waals surface area contributed by atoms with Gasteiger partial charge in [0.2, 0.25) is 0 Å². The minimum atomic E-state index is 0.365. The number of hydrogen-bond donors (Lipinski definition) is 1. The highest BCUT2D eigenvalue weighted by Gasteiger charge is 2.37. The Labute approximate surface area is 119 Å². The van der Waals surface area contributed by atoms with E-state index in [1.165, 1.54) is 51.6 Å². The molecule has 112 valence electrons. The molecule has 2 fully saturated rings. The molecule has 2 rings (SSSR count). The number of nitrogens with zero attached hydrogens (tertiary/aromatic N) is 1. The van der Waals surface area contributed by atoms with E-state index in [1.54, 1.807) is 0 Å². The maximum atomic E-state index is 5.72. The zero-order chi connectivity index (χ0) is 13.6. The van der Waals surface area contributed by atoms with Gasteiger partial charge in [-0.05, 0) is 32.4 Å². The lowest BCUT2D eigenvalue weighted by Gasteiger charge is -2.40. The maximum Gasteiger partial charge on any atom is 0.0547 e. The molecule has 0 aromatic rings. The van der Waals surface area contributed by atoms with Gasteiger partial charge in [-0.15, -0.1) is 0 Å². The van der Waals surface area contributed by atoms with Gasteiger partial charge in [0.05, 0.1) is 6.61 Å². The molecule has 1 unspecified atom stereocenters. The minimum absolute atomic E-state index is 0.365. The van der Waals surface area contributed by atoms with E-state index in [2.05, 4.69) is 24.1 Å². The van der Waals surface area contributed by atoms with E-state index in [0.29, 0.717) is 5.41 Å². The van der Waals surface area contributed by atoms with Crippen LogP contribution >= 0.6 is 0 Å². The summed E-state index contributed by atoms with van der Waals surface area (Å²) in [5.41, 5.74) is 0.365. The van der Waals surface area contributed by atoms with E-state index < -0.39 is 0 Å². The van der Waals surface area contributed by atoms with Crippen molar-refractivity contribution in [2.45, 2.75) is 58.4 Å². The Morgan fingerprint density at radius 1 is 1.21 bits per heavy atom. The first-order valence-electron chi connectivity index (χ1n) is 8.32. The van der Waals surface area contributed by atoms with E-state index in [9.17, 15) is 0 Å². The van der Waals surface area contributed by atoms with Crippen molar-refractivity contribution < 1.29 is 4.74 Å². The molecule has 1 N–H and O–H groups in total. The molecular weight excluding hydrogens is 236 g/mol. The lowest BCUT2D eigenvalue weighted by atomic mass is 9.84. The highest BCUT2D eigenvalue weighted by atomic mass is 16.5. The van der Waals surface area contributed by atoms with Gasteiger partial charge in [0.15, 0.2) is 0 Å². The summed E-state index contributed by atoms with van der Waals surface area (Å²) >= 11 is 0. The van der Waals surface area contributed by atoms with Crippen LogP contribution in [0.3, 0.4) is 0 Å². The summed E-state index contributed by atoms with van der Waals surface area (Å²) in [4.78, 5) is 2.74. The van der Waals surface area contributed by atoms with Crippen LogP contribution in [-0.4, -0.2) is 50.3 Å². The van der Waals surface area contributed by atoms with Crippen LogP contribution in [-0.2, 0) is 4.74 Å². The lowest BCUT2D eigenvalue weighted by molar-refractivity contribution is 0.0753. The van der Waals surface area contributed by atoms with E-state index in [1.807, 2.05) is 0 Å². The van der Waals surface area contributed by atoms with Gasteiger partial charge < -0.3 is 10.1 Å². The van der Waals surface area contributed by atoms with Crippen LogP contribution in [0.5, 0.6) is 0 Å². The van der Waals surface area contributed by atoms with Gasteiger partial charge in [0.25, 0.3) is 0 Å². The Morgan fingerprint density at radius 3 is 2.58 bits per heavy atom. The van der Waals surface area contributed by atoms with Crippen molar-refractivity contribution in [3.8, 4) is 0 Å². The van der Waals surface area contributed by atoms with Gasteiger partial charge in [0, 0.05) is 31.2 Å². The summed E-state index contributed by atoms with van der Waals surface area (Å²) in [6, 6.07) is 0.831. The molecule has 0 aromatic heterocycles. The summed E-state index contributed by atoms with van der Waals surface area (Å²) in [7, 11) is 0. The van der Waals surface area contributed by atoms with Crippen molar-refractivity contribution in [2.75, 3.05) is 39.4 Å². The van der Waals surface area contributed by atoms with Crippen LogP contribution in [0.25, 0.3) is 0 Å². The molecule has 1 aliphatic heterocycles. The van der Waals surface area contributed by atoms with Gasteiger partial charge in [-0.3, -0.25) is 4.90 Å². The fourth-order valence-electron chi connectivity index (χ4n) is 3.74. The second-order valence-corrected chi connectivity index (χ2v) is 6.44. The van der Waals surface area contributed by atoms with E-state index in [4.69, 9.17) is 4.74 Å². The SMILES string of the molecule is CCNCC1(CN(CC)C2CCCCC2)CCOC1. The van der Waals surface area contributed by atoms with E-state index in [-0.39, 0.29) is 0 Å². The van der Waals surface area contributed by atoms with Crippen LogP contribution < -0.4 is 5.32 Å². The van der Waals surface area contributed by atoms with Crippen molar-refractivity contribution in [3.05, 3.63) is 0 Å². The zero-order valence-electron chi connectivity index (χ0n) is 12.9. The smallest absolute Gasteiger partial charge is 0.0547 e. The van der Waals surface area contributed by atoms with Crippen molar-refractivity contribution in [2.24, 2.45) is 5.41 Å². The van der Waals surface area contributed by atoms with Crippen molar-refractivity contribution in [3.63, 3.8) is 0 Å². The Hall–Kier alpha value is -0.120. The molecule has 1 saturated carbocycles. The summed E-state index contributed by atoms with van der Waals surface area (Å²) < 4.78 is 5.72. The molecule has 0 amide bonds. The first-order valence-corrected chi connectivity index (χ1v) is 8.32. The molecule has 19 heavy (non-hydrogen) atoms. The highest BCUT2D eigenvalue weighted by molar-refractivity contribution is 4.90. The third-order valence-electron chi connectivity index (χ3n) is 4.97. The zero-order valence-corrected chi connectivity index (χ0v) is 12.9. The van der Waals surface area contributed by atoms with Gasteiger partial charge in [-0.1, -0.05) is 33.1 Å². The van der Waals surface area contributed by atoms with E-state index in [0.717, 1.165) is 32.3 Å². The molecule has 1 atom stereocenters. The second kappa shape index (κ2) is 7.61. The molecule has 3 nitrogen and oxygen atoms in total. The van der Waals surface area contributed by atoms with Crippen molar-refractivity contribution in [1.29, 1.82) is 0 Å². The first-order chi connectivity index (χ1) is 9.29. The van der Waals surface area contributed by atoms with Crippen molar-refractivity contribution in [1.82, 2.24) is 10.2 Å². The molecule has 0 radical (unpaired) electrons. The molecule has 1 saturated heterocycles. The lowest BCUT2D eigenvalue weighted by Crippen LogP contribution is -2.48. The summed E-state index contributed by atoms with van der Waals surface area (Å²) in [6.07, 6.45) is 8.34. The van der Waals surface area contributed by atoms with Gasteiger partial charge in [-0.25, -0.2) is 0 Å². The Morgan fingerprint density at radius 2 is 2.00 bits per heavy atom. The minimum Gasteiger partial charge on any atom is -0.381 e.